The Bertz CT molecular complexity index is 655. The molecule has 0 saturated carbocycles. The fourth-order valence-electron chi connectivity index (χ4n) is 2.63. The molecule has 2 aromatic rings. The topological polar surface area (TPSA) is 62.8 Å². The van der Waals surface area contributed by atoms with Gasteiger partial charge in [0.1, 0.15) is 6.61 Å². The molecule has 0 aliphatic carbocycles. The molecule has 2 rings (SSSR count). The van der Waals surface area contributed by atoms with Crippen LogP contribution in [0.4, 0.5) is 0 Å². The highest BCUT2D eigenvalue weighted by molar-refractivity contribution is 5.85. The summed E-state index contributed by atoms with van der Waals surface area (Å²) in [5.74, 6) is 1.54. The van der Waals surface area contributed by atoms with E-state index in [2.05, 4.69) is 47.9 Å². The van der Waals surface area contributed by atoms with Gasteiger partial charge < -0.3 is 25.2 Å². The standard InChI is InChI=1S/C21H30N2O3.2ClH/c1-17-7-9-18(10-8-17)16-26-21-19(5-3-6-20(21)25-2)15-23-12-4-11-22-13-14-24;;/h3,5-10,22-24H,4,11-16H2,1-2H3;2*1H. The molecule has 5 nitrogen and oxygen atoms in total. The summed E-state index contributed by atoms with van der Waals surface area (Å²) in [4.78, 5) is 0. The Morgan fingerprint density at radius 3 is 2.32 bits per heavy atom. The number of nitrogens with one attached hydrogen (secondary N) is 2. The lowest BCUT2D eigenvalue weighted by molar-refractivity contribution is 0.280. The zero-order valence-corrected chi connectivity index (χ0v) is 18.2. The second-order valence-electron chi connectivity index (χ2n) is 6.23. The summed E-state index contributed by atoms with van der Waals surface area (Å²) in [6, 6.07) is 14.3. The van der Waals surface area contributed by atoms with Crippen LogP contribution in [-0.2, 0) is 13.2 Å². The van der Waals surface area contributed by atoms with Crippen molar-refractivity contribution in [2.75, 3.05) is 33.4 Å². The first-order valence-electron chi connectivity index (χ1n) is 9.11. The van der Waals surface area contributed by atoms with Gasteiger partial charge in [-0.25, -0.2) is 0 Å². The molecule has 158 valence electrons. The Labute approximate surface area is 180 Å². The minimum atomic E-state index is 0. The normalized spacial score (nSPS) is 9.96. The predicted molar refractivity (Wildman–Crippen MR) is 119 cm³/mol. The summed E-state index contributed by atoms with van der Waals surface area (Å²) in [5.41, 5.74) is 3.46. The Morgan fingerprint density at radius 2 is 1.64 bits per heavy atom. The van der Waals surface area contributed by atoms with Crippen molar-refractivity contribution in [1.82, 2.24) is 10.6 Å². The van der Waals surface area contributed by atoms with Gasteiger partial charge in [0.2, 0.25) is 0 Å². The van der Waals surface area contributed by atoms with E-state index >= 15 is 0 Å². The molecule has 0 radical (unpaired) electrons. The SMILES string of the molecule is COc1cccc(CNCCCNCCO)c1OCc1ccc(C)cc1.Cl.Cl. The van der Waals surface area contributed by atoms with E-state index in [-0.39, 0.29) is 31.4 Å². The monoisotopic (exact) mass is 430 g/mol. The molecule has 2 aromatic carbocycles. The number of ether oxygens (including phenoxy) is 2. The van der Waals surface area contributed by atoms with E-state index in [1.165, 1.54) is 5.56 Å². The molecular formula is C21H32Cl2N2O3. The predicted octanol–water partition coefficient (Wildman–Crippen LogP) is 3.49. The second-order valence-corrected chi connectivity index (χ2v) is 6.23. The van der Waals surface area contributed by atoms with E-state index < -0.39 is 0 Å². The average Bonchev–Trinajstić information content (AvgIpc) is 2.67. The molecule has 28 heavy (non-hydrogen) atoms. The van der Waals surface area contributed by atoms with Gasteiger partial charge in [-0.2, -0.15) is 0 Å². The van der Waals surface area contributed by atoms with E-state index in [1.807, 2.05) is 12.1 Å². The van der Waals surface area contributed by atoms with Gasteiger partial charge in [-0.1, -0.05) is 42.0 Å². The third kappa shape index (κ3) is 9.13. The molecule has 0 aliphatic rings. The number of aryl methyl sites for hydroxylation is 1. The summed E-state index contributed by atoms with van der Waals surface area (Å²) in [5, 5.41) is 15.3. The molecule has 7 heteroatoms. The molecule has 0 aliphatic heterocycles. The number of hydrogen-bond donors (Lipinski definition) is 3. The highest BCUT2D eigenvalue weighted by atomic mass is 35.5. The molecule has 0 bridgehead atoms. The number of methoxy groups -OCH3 is 1. The molecule has 0 spiro atoms. The summed E-state index contributed by atoms with van der Waals surface area (Å²) < 4.78 is 11.6. The van der Waals surface area contributed by atoms with Crippen LogP contribution in [0.15, 0.2) is 42.5 Å². The van der Waals surface area contributed by atoms with Crippen molar-refractivity contribution in [1.29, 1.82) is 0 Å². The van der Waals surface area contributed by atoms with Crippen LogP contribution in [0.25, 0.3) is 0 Å². The fourth-order valence-corrected chi connectivity index (χ4v) is 2.63. The maximum Gasteiger partial charge on any atom is 0.166 e. The van der Waals surface area contributed by atoms with Crippen LogP contribution in [-0.4, -0.2) is 38.5 Å². The molecule has 0 aromatic heterocycles. The number of rotatable bonds is 12. The van der Waals surface area contributed by atoms with Crippen molar-refractivity contribution in [2.45, 2.75) is 26.5 Å². The van der Waals surface area contributed by atoms with Crippen molar-refractivity contribution >= 4 is 24.8 Å². The summed E-state index contributed by atoms with van der Waals surface area (Å²) >= 11 is 0. The average molecular weight is 431 g/mol. The van der Waals surface area contributed by atoms with E-state index in [9.17, 15) is 0 Å². The molecule has 0 unspecified atom stereocenters. The quantitative estimate of drug-likeness (QED) is 0.449. The molecule has 3 N–H and O–H groups in total. The Morgan fingerprint density at radius 1 is 0.929 bits per heavy atom. The van der Waals surface area contributed by atoms with Crippen LogP contribution in [0, 0.1) is 6.92 Å². The Kier molecular flexibility index (Phi) is 14.6. The molecular weight excluding hydrogens is 399 g/mol. The first-order chi connectivity index (χ1) is 12.7. The van der Waals surface area contributed by atoms with E-state index in [4.69, 9.17) is 14.6 Å². The van der Waals surface area contributed by atoms with Crippen LogP contribution >= 0.6 is 24.8 Å². The van der Waals surface area contributed by atoms with Crippen LogP contribution in [0.1, 0.15) is 23.1 Å². The van der Waals surface area contributed by atoms with Crippen molar-refractivity contribution in [3.63, 3.8) is 0 Å². The number of benzene rings is 2. The van der Waals surface area contributed by atoms with Crippen molar-refractivity contribution in [3.05, 3.63) is 59.2 Å². The van der Waals surface area contributed by atoms with Crippen LogP contribution in [0.5, 0.6) is 11.5 Å². The summed E-state index contributed by atoms with van der Waals surface area (Å²) in [6.45, 7) is 5.93. The minimum Gasteiger partial charge on any atom is -0.493 e. The molecule has 0 fully saturated rings. The molecule has 0 atom stereocenters. The van der Waals surface area contributed by atoms with Gasteiger partial charge in [0.15, 0.2) is 11.5 Å². The number of aliphatic hydroxyl groups is 1. The molecule has 0 heterocycles. The number of aliphatic hydroxyl groups excluding tert-OH is 1. The molecule has 0 amide bonds. The smallest absolute Gasteiger partial charge is 0.166 e. The zero-order chi connectivity index (χ0) is 18.6. The van der Waals surface area contributed by atoms with Gasteiger partial charge in [-0.05, 0) is 38.1 Å². The van der Waals surface area contributed by atoms with Crippen molar-refractivity contribution in [3.8, 4) is 11.5 Å². The lowest BCUT2D eigenvalue weighted by Gasteiger charge is -2.16. The van der Waals surface area contributed by atoms with Crippen LogP contribution < -0.4 is 20.1 Å². The first-order valence-corrected chi connectivity index (χ1v) is 9.11. The van der Waals surface area contributed by atoms with Crippen LogP contribution in [0.2, 0.25) is 0 Å². The minimum absolute atomic E-state index is 0. The van der Waals surface area contributed by atoms with E-state index in [1.54, 1.807) is 7.11 Å². The maximum absolute atomic E-state index is 8.74. The number of halogens is 2. The largest absolute Gasteiger partial charge is 0.493 e. The zero-order valence-electron chi connectivity index (χ0n) is 16.6. The highest BCUT2D eigenvalue weighted by Gasteiger charge is 2.10. The second kappa shape index (κ2) is 15.4. The van der Waals surface area contributed by atoms with E-state index in [0.29, 0.717) is 13.2 Å². The maximum atomic E-state index is 8.74. The summed E-state index contributed by atoms with van der Waals surface area (Å²) in [7, 11) is 1.66. The van der Waals surface area contributed by atoms with Gasteiger partial charge in [0.25, 0.3) is 0 Å². The van der Waals surface area contributed by atoms with Crippen molar-refractivity contribution < 1.29 is 14.6 Å². The lowest BCUT2D eigenvalue weighted by atomic mass is 10.1. The van der Waals surface area contributed by atoms with Gasteiger partial charge in [0, 0.05) is 18.7 Å². The Balaban J connectivity index is 0.00000364. The first kappa shape index (κ1) is 26.5. The van der Waals surface area contributed by atoms with Gasteiger partial charge in [-0.15, -0.1) is 24.8 Å². The number of hydrogen-bond acceptors (Lipinski definition) is 5. The third-order valence-corrected chi connectivity index (χ3v) is 4.10. The van der Waals surface area contributed by atoms with E-state index in [0.717, 1.165) is 48.7 Å². The van der Waals surface area contributed by atoms with Gasteiger partial charge >= 0.3 is 0 Å². The van der Waals surface area contributed by atoms with Crippen LogP contribution in [0.3, 0.4) is 0 Å². The fraction of sp³-hybridized carbons (Fsp3) is 0.429. The van der Waals surface area contributed by atoms with Crippen molar-refractivity contribution in [2.24, 2.45) is 0 Å². The molecule has 0 saturated heterocycles. The highest BCUT2D eigenvalue weighted by Crippen LogP contribution is 2.31. The third-order valence-electron chi connectivity index (χ3n) is 4.10. The summed E-state index contributed by atoms with van der Waals surface area (Å²) in [6.07, 6.45) is 1.00. The van der Waals surface area contributed by atoms with Gasteiger partial charge in [0.05, 0.1) is 13.7 Å². The Hall–Kier alpha value is -1.50. The lowest BCUT2D eigenvalue weighted by Crippen LogP contribution is -2.24. The number of para-hydroxylation sites is 1. The van der Waals surface area contributed by atoms with Gasteiger partial charge in [-0.3, -0.25) is 0 Å².